The van der Waals surface area contributed by atoms with E-state index in [0.717, 1.165) is 22.4 Å². The summed E-state index contributed by atoms with van der Waals surface area (Å²) in [6, 6.07) is 14.0. The molecule has 4 rings (SSSR count). The highest BCUT2D eigenvalue weighted by Crippen LogP contribution is 2.23. The first kappa shape index (κ1) is 21.7. The van der Waals surface area contributed by atoms with E-state index in [0.29, 0.717) is 24.1 Å². The Balaban J connectivity index is 1.56. The molecule has 9 heteroatoms. The van der Waals surface area contributed by atoms with Crippen LogP contribution in [0.25, 0.3) is 16.9 Å². The number of hydrogen-bond acceptors (Lipinski definition) is 8. The van der Waals surface area contributed by atoms with E-state index in [-0.39, 0.29) is 19.1 Å². The number of benzene rings is 1. The number of anilines is 2. The van der Waals surface area contributed by atoms with Gasteiger partial charge in [0.2, 0.25) is 11.9 Å². The van der Waals surface area contributed by atoms with Gasteiger partial charge >= 0.3 is 0 Å². The predicted molar refractivity (Wildman–Crippen MR) is 123 cm³/mol. The molecule has 0 aliphatic carbocycles. The number of rotatable bonds is 9. The third-order valence-electron chi connectivity index (χ3n) is 5.09. The minimum absolute atomic E-state index is 0.145. The molecule has 1 aromatic carbocycles. The average Bonchev–Trinajstić information content (AvgIpc) is 3.26. The number of nitrogens with one attached hydrogen (secondary N) is 2. The van der Waals surface area contributed by atoms with Gasteiger partial charge in [0.25, 0.3) is 0 Å². The van der Waals surface area contributed by atoms with Gasteiger partial charge in [-0.05, 0) is 23.6 Å². The molecule has 3 heterocycles. The molecule has 1 atom stereocenters. The molecule has 0 saturated carbocycles. The Morgan fingerprint density at radius 1 is 1.03 bits per heavy atom. The Bertz CT molecular complexity index is 1160. The van der Waals surface area contributed by atoms with Gasteiger partial charge in [0, 0.05) is 30.4 Å². The lowest BCUT2D eigenvalue weighted by Gasteiger charge is -2.13. The number of nitrogens with zero attached hydrogens (tertiary/aromatic N) is 5. The lowest BCUT2D eigenvalue weighted by Crippen LogP contribution is -2.24. The Labute approximate surface area is 186 Å². The quantitative estimate of drug-likeness (QED) is 0.318. The van der Waals surface area contributed by atoms with Gasteiger partial charge in [-0.3, -0.25) is 4.98 Å². The standard InChI is InChI=1S/C23H27N7O2/c1-15(2)19-13-27-30-21(19)28-22(25-12-18(32)14-31)29-23(30)26-11-16-6-8-17(9-7-16)20-5-3-4-10-24-20/h3-10,13,15,18,31-32H,11-12,14H2,1-2H3,(H2,25,26,28,29)/t18-/m0/s1. The fourth-order valence-corrected chi connectivity index (χ4v) is 3.28. The monoisotopic (exact) mass is 433 g/mol. The number of aliphatic hydroxyl groups excluding tert-OH is 2. The van der Waals surface area contributed by atoms with E-state index in [1.54, 1.807) is 16.9 Å². The molecule has 4 N–H and O–H groups in total. The molecular weight excluding hydrogens is 406 g/mol. The molecule has 3 aromatic heterocycles. The first-order chi connectivity index (χ1) is 15.5. The number of fused-ring (bicyclic) bond motifs is 1. The van der Waals surface area contributed by atoms with Gasteiger partial charge in [0.15, 0.2) is 5.65 Å². The highest BCUT2D eigenvalue weighted by atomic mass is 16.3. The topological polar surface area (TPSA) is 120 Å². The molecule has 0 aliphatic rings. The summed E-state index contributed by atoms with van der Waals surface area (Å²) in [5, 5.41) is 29.5. The minimum Gasteiger partial charge on any atom is -0.394 e. The van der Waals surface area contributed by atoms with Crippen molar-refractivity contribution in [1.29, 1.82) is 0 Å². The van der Waals surface area contributed by atoms with Crippen LogP contribution in [0.1, 0.15) is 30.9 Å². The first-order valence-corrected chi connectivity index (χ1v) is 10.6. The zero-order valence-electron chi connectivity index (χ0n) is 18.1. The Morgan fingerprint density at radius 2 is 1.84 bits per heavy atom. The largest absolute Gasteiger partial charge is 0.394 e. The van der Waals surface area contributed by atoms with Crippen LogP contribution in [0.3, 0.4) is 0 Å². The number of aromatic nitrogens is 5. The molecule has 0 amide bonds. The maximum atomic E-state index is 9.66. The fraction of sp³-hybridized carbons (Fsp3) is 0.304. The van der Waals surface area contributed by atoms with Crippen LogP contribution < -0.4 is 10.6 Å². The second kappa shape index (κ2) is 9.71. The van der Waals surface area contributed by atoms with E-state index in [2.05, 4.69) is 56.7 Å². The smallest absolute Gasteiger partial charge is 0.229 e. The molecule has 9 nitrogen and oxygen atoms in total. The van der Waals surface area contributed by atoms with Crippen LogP contribution in [0.5, 0.6) is 0 Å². The summed E-state index contributed by atoms with van der Waals surface area (Å²) in [7, 11) is 0. The molecule has 0 spiro atoms. The number of pyridine rings is 1. The molecular formula is C23H27N7O2. The zero-order valence-corrected chi connectivity index (χ0v) is 18.1. The second-order valence-electron chi connectivity index (χ2n) is 7.84. The van der Waals surface area contributed by atoms with E-state index in [9.17, 15) is 5.11 Å². The van der Waals surface area contributed by atoms with Crippen LogP contribution in [-0.2, 0) is 6.54 Å². The molecule has 0 unspecified atom stereocenters. The molecule has 0 aliphatic heterocycles. The van der Waals surface area contributed by atoms with E-state index in [4.69, 9.17) is 5.11 Å². The highest BCUT2D eigenvalue weighted by molar-refractivity contribution is 5.59. The second-order valence-corrected chi connectivity index (χ2v) is 7.84. The summed E-state index contributed by atoms with van der Waals surface area (Å²) in [6.07, 6.45) is 2.69. The van der Waals surface area contributed by atoms with Gasteiger partial charge in [0.05, 0.1) is 24.6 Å². The first-order valence-electron chi connectivity index (χ1n) is 10.6. The third-order valence-corrected chi connectivity index (χ3v) is 5.09. The van der Waals surface area contributed by atoms with Crippen molar-refractivity contribution in [3.8, 4) is 11.3 Å². The van der Waals surface area contributed by atoms with Crippen LogP contribution >= 0.6 is 0 Å². The third kappa shape index (κ3) is 4.84. The van der Waals surface area contributed by atoms with Crippen LogP contribution in [-0.4, -0.2) is 54.0 Å². The molecule has 0 bridgehead atoms. The lowest BCUT2D eigenvalue weighted by atomic mass is 10.1. The van der Waals surface area contributed by atoms with E-state index in [1.165, 1.54) is 0 Å². The molecule has 4 aromatic rings. The van der Waals surface area contributed by atoms with Gasteiger partial charge in [0.1, 0.15) is 0 Å². The summed E-state index contributed by atoms with van der Waals surface area (Å²) < 4.78 is 1.69. The number of aliphatic hydroxyl groups is 2. The van der Waals surface area contributed by atoms with E-state index >= 15 is 0 Å². The summed E-state index contributed by atoms with van der Waals surface area (Å²) in [4.78, 5) is 13.5. The normalized spacial score (nSPS) is 12.3. The molecule has 0 radical (unpaired) electrons. The van der Waals surface area contributed by atoms with Gasteiger partial charge in [-0.25, -0.2) is 0 Å². The summed E-state index contributed by atoms with van der Waals surface area (Å²) in [6.45, 7) is 4.52. The summed E-state index contributed by atoms with van der Waals surface area (Å²) in [5.74, 6) is 1.14. The van der Waals surface area contributed by atoms with Crippen molar-refractivity contribution in [3.05, 3.63) is 66.0 Å². The van der Waals surface area contributed by atoms with Crippen LogP contribution in [0.2, 0.25) is 0 Å². The maximum Gasteiger partial charge on any atom is 0.229 e. The SMILES string of the molecule is CC(C)c1cnn2c(NCc3ccc(-c4ccccn4)cc3)nc(NC[C@H](O)CO)nc12. The fourth-order valence-electron chi connectivity index (χ4n) is 3.28. The molecule has 0 fully saturated rings. The van der Waals surface area contributed by atoms with E-state index in [1.807, 2.05) is 30.3 Å². The Morgan fingerprint density at radius 3 is 2.53 bits per heavy atom. The zero-order chi connectivity index (χ0) is 22.5. The van der Waals surface area contributed by atoms with Crippen molar-refractivity contribution in [1.82, 2.24) is 24.6 Å². The van der Waals surface area contributed by atoms with Crippen molar-refractivity contribution >= 4 is 17.5 Å². The minimum atomic E-state index is -0.890. The average molecular weight is 434 g/mol. The van der Waals surface area contributed by atoms with Gasteiger partial charge < -0.3 is 20.8 Å². The summed E-state index contributed by atoms with van der Waals surface area (Å²) in [5.41, 5.74) is 4.77. The van der Waals surface area contributed by atoms with Crippen LogP contribution in [0, 0.1) is 0 Å². The predicted octanol–water partition coefficient (Wildman–Crippen LogP) is 2.69. The molecule has 166 valence electrons. The maximum absolute atomic E-state index is 9.66. The van der Waals surface area contributed by atoms with Crippen molar-refractivity contribution in [3.63, 3.8) is 0 Å². The summed E-state index contributed by atoms with van der Waals surface area (Å²) >= 11 is 0. The number of hydrogen-bond donors (Lipinski definition) is 4. The lowest BCUT2D eigenvalue weighted by molar-refractivity contribution is 0.105. The van der Waals surface area contributed by atoms with Crippen molar-refractivity contribution in [2.75, 3.05) is 23.8 Å². The Hall–Kier alpha value is -3.56. The highest BCUT2D eigenvalue weighted by Gasteiger charge is 2.15. The molecule has 32 heavy (non-hydrogen) atoms. The van der Waals surface area contributed by atoms with E-state index < -0.39 is 6.10 Å². The van der Waals surface area contributed by atoms with Crippen molar-refractivity contribution < 1.29 is 10.2 Å². The van der Waals surface area contributed by atoms with Crippen molar-refractivity contribution in [2.45, 2.75) is 32.4 Å². The van der Waals surface area contributed by atoms with Gasteiger partial charge in [-0.15, -0.1) is 0 Å². The Kier molecular flexibility index (Phi) is 6.58. The van der Waals surface area contributed by atoms with Crippen LogP contribution in [0.4, 0.5) is 11.9 Å². The molecule has 0 saturated heterocycles. The van der Waals surface area contributed by atoms with Crippen LogP contribution in [0.15, 0.2) is 54.9 Å². The van der Waals surface area contributed by atoms with Gasteiger partial charge in [-0.1, -0.05) is 44.2 Å². The van der Waals surface area contributed by atoms with Crippen molar-refractivity contribution in [2.24, 2.45) is 0 Å². The van der Waals surface area contributed by atoms with Gasteiger partial charge in [-0.2, -0.15) is 19.6 Å².